The molecule has 1 rings (SSSR count). The maximum Gasteiger partial charge on any atom is 0.0581 e. The summed E-state index contributed by atoms with van der Waals surface area (Å²) in [6.07, 6.45) is -0.514. The minimum absolute atomic E-state index is 0.514. The summed E-state index contributed by atoms with van der Waals surface area (Å²) in [6.45, 7) is 0. The molecule has 0 heterocycles. The molecule has 0 N–H and O–H groups in total. The minimum atomic E-state index is -2.36. The Bertz CT molecular complexity index is 253. The molecule has 0 spiro atoms. The molecule has 0 aromatic carbocycles. The van der Waals surface area contributed by atoms with Crippen LogP contribution < -0.4 is 15.3 Å². The van der Waals surface area contributed by atoms with E-state index in [1.165, 1.54) is 0 Å². The van der Waals surface area contributed by atoms with Crippen molar-refractivity contribution in [3.8, 4) is 0 Å². The van der Waals surface area contributed by atoms with Crippen molar-refractivity contribution in [2.45, 2.75) is 6.42 Å². The van der Waals surface area contributed by atoms with Gasteiger partial charge in [-0.05, 0) is 6.42 Å². The van der Waals surface area contributed by atoms with Gasteiger partial charge in [-0.15, -0.1) is 0 Å². The van der Waals surface area contributed by atoms with E-state index in [4.69, 9.17) is 0 Å². The summed E-state index contributed by atoms with van der Waals surface area (Å²) in [6, 6.07) is 0. The first-order chi connectivity index (χ1) is 5.43. The molecule has 6 heteroatoms. The molecule has 0 amide bonds. The summed E-state index contributed by atoms with van der Waals surface area (Å²) in [7, 11) is 0. The van der Waals surface area contributed by atoms with Crippen LogP contribution in [-0.2, 0) is 14.4 Å². The molecule has 0 aliphatic heterocycles. The van der Waals surface area contributed by atoms with Gasteiger partial charge in [0.25, 0.3) is 0 Å². The zero-order valence-corrected chi connectivity index (χ0v) is 5.73. The Hall–Kier alpha value is -1.59. The molecule has 0 bridgehead atoms. The van der Waals surface area contributed by atoms with E-state index in [0.29, 0.717) is 0 Å². The Balaban J connectivity index is 2.90. The lowest BCUT2D eigenvalue weighted by Crippen LogP contribution is -2.48. The summed E-state index contributed by atoms with van der Waals surface area (Å²) < 4.78 is 0. The predicted octanol–water partition coefficient (Wildman–Crippen LogP) is -4.76. The molecule has 0 aromatic rings. The molecule has 1 saturated carbocycles. The molecular weight excluding hydrogens is 168 g/mol. The van der Waals surface area contributed by atoms with E-state index in [2.05, 4.69) is 0 Å². The lowest BCUT2D eigenvalue weighted by molar-refractivity contribution is -0.340. The van der Waals surface area contributed by atoms with Crippen molar-refractivity contribution in [1.29, 1.82) is 0 Å². The van der Waals surface area contributed by atoms with Crippen LogP contribution in [0.1, 0.15) is 6.42 Å². The number of rotatable bonds is 3. The SMILES string of the molecule is O=C([O-])C1CC1(C(=O)[O-])C(=O)[O-]. The lowest BCUT2D eigenvalue weighted by Gasteiger charge is -2.19. The molecule has 12 heavy (non-hydrogen) atoms. The highest BCUT2D eigenvalue weighted by Gasteiger charge is 2.57. The largest absolute Gasteiger partial charge is 0.550 e. The molecule has 6 nitrogen and oxygen atoms in total. The lowest BCUT2D eigenvalue weighted by atomic mass is 10.1. The minimum Gasteiger partial charge on any atom is -0.550 e. The van der Waals surface area contributed by atoms with Gasteiger partial charge in [-0.2, -0.15) is 0 Å². The van der Waals surface area contributed by atoms with Gasteiger partial charge < -0.3 is 29.7 Å². The van der Waals surface area contributed by atoms with Crippen molar-refractivity contribution >= 4 is 17.9 Å². The number of hydrogen-bond acceptors (Lipinski definition) is 6. The van der Waals surface area contributed by atoms with E-state index in [-0.39, 0.29) is 0 Å². The second kappa shape index (κ2) is 2.20. The van der Waals surface area contributed by atoms with Crippen molar-refractivity contribution in [1.82, 2.24) is 0 Å². The Morgan fingerprint density at radius 1 is 1.08 bits per heavy atom. The number of aliphatic carboxylic acids is 3. The van der Waals surface area contributed by atoms with Gasteiger partial charge in [-0.3, -0.25) is 0 Å². The van der Waals surface area contributed by atoms with Gasteiger partial charge in [0.2, 0.25) is 0 Å². The quantitative estimate of drug-likeness (QED) is 0.393. The smallest absolute Gasteiger partial charge is 0.0581 e. The summed E-state index contributed by atoms with van der Waals surface area (Å²) in [4.78, 5) is 30.5. The van der Waals surface area contributed by atoms with Crippen molar-refractivity contribution in [3.05, 3.63) is 0 Å². The second-order valence-corrected chi connectivity index (χ2v) is 2.62. The normalized spacial score (nSPS) is 24.5. The molecule has 1 aliphatic carbocycles. The first-order valence-corrected chi connectivity index (χ1v) is 3.06. The van der Waals surface area contributed by atoms with Crippen LogP contribution in [0.4, 0.5) is 0 Å². The molecule has 66 valence electrons. The average molecular weight is 171 g/mol. The van der Waals surface area contributed by atoms with E-state index in [0.717, 1.165) is 0 Å². The van der Waals surface area contributed by atoms with E-state index < -0.39 is 35.7 Å². The Labute approximate surface area is 66.4 Å². The van der Waals surface area contributed by atoms with Gasteiger partial charge in [0.15, 0.2) is 0 Å². The molecule has 0 aromatic heterocycles. The van der Waals surface area contributed by atoms with Gasteiger partial charge in [0.05, 0.1) is 17.4 Å². The van der Waals surface area contributed by atoms with Gasteiger partial charge >= 0.3 is 0 Å². The van der Waals surface area contributed by atoms with E-state index in [9.17, 15) is 29.7 Å². The highest BCUT2D eigenvalue weighted by Crippen LogP contribution is 2.51. The molecule has 1 unspecified atom stereocenters. The maximum absolute atomic E-state index is 10.2. The topological polar surface area (TPSA) is 120 Å². The van der Waals surface area contributed by atoms with E-state index >= 15 is 0 Å². The molecule has 0 saturated heterocycles. The van der Waals surface area contributed by atoms with Gasteiger partial charge in [-0.25, -0.2) is 0 Å². The standard InChI is InChI=1S/C6H6O6/c7-3(8)2-1-6(2,4(9)10)5(11)12/h2H,1H2,(H,7,8)(H,9,10)(H,11,12)/p-3. The van der Waals surface area contributed by atoms with Crippen molar-refractivity contribution in [2.24, 2.45) is 11.3 Å². The zero-order valence-electron chi connectivity index (χ0n) is 5.73. The van der Waals surface area contributed by atoms with Crippen molar-refractivity contribution < 1.29 is 29.7 Å². The maximum atomic E-state index is 10.2. The van der Waals surface area contributed by atoms with Gasteiger partial charge in [-0.1, -0.05) is 0 Å². The Morgan fingerprint density at radius 2 is 1.50 bits per heavy atom. The van der Waals surface area contributed by atoms with Crippen LogP contribution in [0.3, 0.4) is 0 Å². The average Bonchev–Trinajstić information content (AvgIpc) is 2.60. The Morgan fingerprint density at radius 3 is 1.58 bits per heavy atom. The molecule has 0 radical (unpaired) electrons. The number of carbonyl (C=O) groups excluding carboxylic acids is 3. The molecular formula is C6H3O6-3. The third kappa shape index (κ3) is 0.843. The van der Waals surface area contributed by atoms with Crippen molar-refractivity contribution in [3.63, 3.8) is 0 Å². The summed E-state index contributed by atoms with van der Waals surface area (Å²) in [5, 5.41) is 30.5. The second-order valence-electron chi connectivity index (χ2n) is 2.62. The van der Waals surface area contributed by atoms with Crippen LogP contribution >= 0.6 is 0 Å². The Kier molecular flexibility index (Phi) is 1.56. The molecule has 1 fully saturated rings. The fourth-order valence-corrected chi connectivity index (χ4v) is 1.08. The monoisotopic (exact) mass is 171 g/mol. The van der Waals surface area contributed by atoms with Crippen LogP contribution in [0.5, 0.6) is 0 Å². The summed E-state index contributed by atoms with van der Waals surface area (Å²) in [5.74, 6) is -7.09. The number of carbonyl (C=O) groups is 3. The van der Waals surface area contributed by atoms with Crippen LogP contribution in [0.15, 0.2) is 0 Å². The third-order valence-electron chi connectivity index (χ3n) is 1.97. The van der Waals surface area contributed by atoms with Crippen LogP contribution in [0.2, 0.25) is 0 Å². The third-order valence-corrected chi connectivity index (χ3v) is 1.97. The van der Waals surface area contributed by atoms with Crippen molar-refractivity contribution in [2.75, 3.05) is 0 Å². The van der Waals surface area contributed by atoms with Crippen LogP contribution in [-0.4, -0.2) is 17.9 Å². The molecule has 1 aliphatic rings. The number of carboxylic acids is 3. The van der Waals surface area contributed by atoms with E-state index in [1.807, 2.05) is 0 Å². The van der Waals surface area contributed by atoms with Gasteiger partial charge in [0.1, 0.15) is 0 Å². The summed E-state index contributed by atoms with van der Waals surface area (Å²) >= 11 is 0. The number of hydrogen-bond donors (Lipinski definition) is 0. The van der Waals surface area contributed by atoms with Crippen LogP contribution in [0.25, 0.3) is 0 Å². The zero-order chi connectivity index (χ0) is 9.52. The summed E-state index contributed by atoms with van der Waals surface area (Å²) in [5.41, 5.74) is -2.36. The first-order valence-electron chi connectivity index (χ1n) is 3.06. The van der Waals surface area contributed by atoms with E-state index in [1.54, 1.807) is 0 Å². The molecule has 1 atom stereocenters. The van der Waals surface area contributed by atoms with Crippen LogP contribution in [0, 0.1) is 11.3 Å². The van der Waals surface area contributed by atoms with Gasteiger partial charge in [0, 0.05) is 11.9 Å². The predicted molar refractivity (Wildman–Crippen MR) is 25.6 cm³/mol. The fourth-order valence-electron chi connectivity index (χ4n) is 1.08. The first kappa shape index (κ1) is 8.51. The fraction of sp³-hybridized carbons (Fsp3) is 0.500. The highest BCUT2D eigenvalue weighted by molar-refractivity contribution is 6.05. The number of carboxylic acid groups (broad SMARTS) is 3. The highest BCUT2D eigenvalue weighted by atomic mass is 16.4.